The van der Waals surface area contributed by atoms with Crippen LogP contribution in [0.4, 0.5) is 8.78 Å². The molecule has 1 unspecified atom stereocenters. The van der Waals surface area contributed by atoms with Crippen molar-refractivity contribution in [2.45, 2.75) is 11.4 Å². The predicted octanol–water partition coefficient (Wildman–Crippen LogP) is -0.960. The lowest BCUT2D eigenvalue weighted by molar-refractivity contribution is -0.164. The molecule has 16 heavy (non-hydrogen) atoms. The molecule has 1 heterocycles. The first-order chi connectivity index (χ1) is 7.25. The number of carbonyl (C=O) groups is 1. The van der Waals surface area contributed by atoms with E-state index < -0.39 is 34.1 Å². The number of hydrogen-bond donors (Lipinski definition) is 0. The molecule has 0 radical (unpaired) electrons. The summed E-state index contributed by atoms with van der Waals surface area (Å²) < 4.78 is 68.5. The van der Waals surface area contributed by atoms with Gasteiger partial charge < -0.3 is 18.8 Å². The molecule has 1 aliphatic rings. The second kappa shape index (κ2) is 4.57. The van der Waals surface area contributed by atoms with Gasteiger partial charge in [0.25, 0.3) is 0 Å². The topological polar surface area (TPSA) is 102 Å². The van der Waals surface area contributed by atoms with Crippen molar-refractivity contribution in [2.75, 3.05) is 20.0 Å². The van der Waals surface area contributed by atoms with Gasteiger partial charge in [-0.2, -0.15) is 8.78 Å². The normalized spacial score (nSPS) is 22.1. The molecule has 10 heteroatoms. The molecule has 0 saturated carbocycles. The Kier molecular flexibility index (Phi) is 3.78. The van der Waals surface area contributed by atoms with E-state index in [1.54, 1.807) is 0 Å². The van der Waals surface area contributed by atoms with Crippen molar-refractivity contribution in [3.8, 4) is 0 Å². The van der Waals surface area contributed by atoms with Crippen LogP contribution in [-0.4, -0.2) is 50.3 Å². The molecule has 0 aromatic carbocycles. The number of esters is 1. The summed E-state index contributed by atoms with van der Waals surface area (Å²) in [5, 5.41) is -5.09. The van der Waals surface area contributed by atoms with Crippen molar-refractivity contribution >= 4 is 16.1 Å². The van der Waals surface area contributed by atoms with E-state index in [-0.39, 0.29) is 13.4 Å². The molecular weight excluding hydrogens is 254 g/mol. The van der Waals surface area contributed by atoms with Crippen LogP contribution >= 0.6 is 0 Å². The summed E-state index contributed by atoms with van der Waals surface area (Å²) in [5.41, 5.74) is 0. The molecule has 94 valence electrons. The highest BCUT2D eigenvalue weighted by Crippen LogP contribution is 2.22. The van der Waals surface area contributed by atoms with E-state index in [0.29, 0.717) is 0 Å². The van der Waals surface area contributed by atoms with Gasteiger partial charge in [-0.15, -0.1) is 0 Å². The zero-order valence-corrected chi connectivity index (χ0v) is 8.54. The average molecular weight is 261 g/mol. The first-order valence-corrected chi connectivity index (χ1v) is 5.36. The Labute approximate surface area is 89.0 Å². The van der Waals surface area contributed by atoms with Crippen LogP contribution in [-0.2, 0) is 29.1 Å². The summed E-state index contributed by atoms with van der Waals surface area (Å²) in [5.74, 6) is -2.42. The van der Waals surface area contributed by atoms with E-state index in [1.165, 1.54) is 0 Å². The molecule has 0 N–H and O–H groups in total. The molecule has 1 saturated heterocycles. The molecule has 1 rings (SSSR count). The Morgan fingerprint density at radius 3 is 2.62 bits per heavy atom. The predicted molar refractivity (Wildman–Crippen MR) is 41.3 cm³/mol. The maximum Gasteiger partial charge on any atom is 0.428 e. The average Bonchev–Trinajstić information content (AvgIpc) is 2.64. The molecular formula is C6H7F2O7S-. The monoisotopic (exact) mass is 261 g/mol. The van der Waals surface area contributed by atoms with Gasteiger partial charge in [0.1, 0.15) is 19.5 Å². The Bertz CT molecular complexity index is 359. The van der Waals surface area contributed by atoms with Gasteiger partial charge in [-0.25, -0.2) is 13.2 Å². The van der Waals surface area contributed by atoms with Gasteiger partial charge in [0.05, 0.1) is 6.61 Å². The number of hydrogen-bond acceptors (Lipinski definition) is 7. The van der Waals surface area contributed by atoms with Gasteiger partial charge in [0.15, 0.2) is 10.1 Å². The van der Waals surface area contributed by atoms with Gasteiger partial charge in [-0.3, -0.25) is 0 Å². The van der Waals surface area contributed by atoms with Gasteiger partial charge in [0.2, 0.25) is 0 Å². The Balaban J connectivity index is 2.51. The largest absolute Gasteiger partial charge is 0.743 e. The summed E-state index contributed by atoms with van der Waals surface area (Å²) in [6.45, 7) is -0.647. The van der Waals surface area contributed by atoms with Crippen molar-refractivity contribution in [1.82, 2.24) is 0 Å². The van der Waals surface area contributed by atoms with Crippen LogP contribution in [0.3, 0.4) is 0 Å². The van der Waals surface area contributed by atoms with E-state index in [2.05, 4.69) is 9.47 Å². The van der Waals surface area contributed by atoms with Crippen LogP contribution in [0.15, 0.2) is 0 Å². The highest BCUT2D eigenvalue weighted by Gasteiger charge is 2.48. The minimum atomic E-state index is -6.08. The molecule has 7 nitrogen and oxygen atoms in total. The third kappa shape index (κ3) is 2.84. The van der Waals surface area contributed by atoms with Crippen LogP contribution in [0, 0.1) is 0 Å². The second-order valence-electron chi connectivity index (χ2n) is 2.85. The maximum absolute atomic E-state index is 12.6. The quantitative estimate of drug-likeness (QED) is 0.474. The van der Waals surface area contributed by atoms with Gasteiger partial charge in [-0.05, 0) is 0 Å². The first kappa shape index (κ1) is 13.2. The Hall–Kier alpha value is -0.840. The van der Waals surface area contributed by atoms with E-state index in [1.807, 2.05) is 0 Å². The van der Waals surface area contributed by atoms with Crippen molar-refractivity contribution in [3.63, 3.8) is 0 Å². The summed E-state index contributed by atoms with van der Waals surface area (Å²) in [4.78, 5) is 10.6. The molecule has 0 aliphatic carbocycles. The fourth-order valence-corrected chi connectivity index (χ4v) is 1.09. The lowest BCUT2D eigenvalue weighted by Crippen LogP contribution is -2.40. The molecule has 1 atom stereocenters. The number of rotatable bonds is 4. The lowest BCUT2D eigenvalue weighted by Gasteiger charge is -2.18. The van der Waals surface area contributed by atoms with Crippen LogP contribution in [0.1, 0.15) is 0 Å². The van der Waals surface area contributed by atoms with Crippen molar-refractivity contribution in [2.24, 2.45) is 0 Å². The van der Waals surface area contributed by atoms with Gasteiger partial charge in [-0.1, -0.05) is 0 Å². The van der Waals surface area contributed by atoms with E-state index >= 15 is 0 Å². The lowest BCUT2D eigenvalue weighted by atomic mass is 10.4. The molecule has 1 aliphatic heterocycles. The molecule has 0 aromatic rings. The van der Waals surface area contributed by atoms with E-state index in [9.17, 15) is 26.5 Å². The van der Waals surface area contributed by atoms with Crippen LogP contribution in [0.5, 0.6) is 0 Å². The fourth-order valence-electron chi connectivity index (χ4n) is 0.823. The van der Waals surface area contributed by atoms with Crippen LogP contribution in [0.2, 0.25) is 0 Å². The fraction of sp³-hybridized carbons (Fsp3) is 0.833. The molecule has 0 bridgehead atoms. The third-order valence-corrected chi connectivity index (χ3v) is 2.44. The number of ether oxygens (including phenoxy) is 3. The molecule has 0 amide bonds. The molecule has 1 fully saturated rings. The number of carbonyl (C=O) groups excluding carboxylic acids is 1. The Morgan fingerprint density at radius 1 is 1.56 bits per heavy atom. The van der Waals surface area contributed by atoms with Crippen molar-refractivity contribution in [3.05, 3.63) is 0 Å². The minimum absolute atomic E-state index is 0.0307. The summed E-state index contributed by atoms with van der Waals surface area (Å²) in [6, 6.07) is 0. The Morgan fingerprint density at radius 2 is 2.19 bits per heavy atom. The second-order valence-corrected chi connectivity index (χ2v) is 4.27. The highest BCUT2D eigenvalue weighted by molar-refractivity contribution is 7.87. The van der Waals surface area contributed by atoms with Crippen LogP contribution in [0.25, 0.3) is 0 Å². The summed E-state index contributed by atoms with van der Waals surface area (Å²) >= 11 is 0. The minimum Gasteiger partial charge on any atom is -0.743 e. The zero-order valence-electron chi connectivity index (χ0n) is 7.72. The highest BCUT2D eigenvalue weighted by atomic mass is 32.2. The SMILES string of the molecule is O=C(OCC1COCO1)C(F)(F)S(=O)(=O)[O-]. The van der Waals surface area contributed by atoms with Crippen molar-refractivity contribution < 1.29 is 40.8 Å². The smallest absolute Gasteiger partial charge is 0.428 e. The van der Waals surface area contributed by atoms with Crippen LogP contribution < -0.4 is 0 Å². The molecule has 0 aromatic heterocycles. The molecule has 0 spiro atoms. The summed E-state index contributed by atoms with van der Waals surface area (Å²) in [6.07, 6.45) is -0.742. The van der Waals surface area contributed by atoms with E-state index in [4.69, 9.17) is 4.74 Å². The number of alkyl halides is 2. The first-order valence-electron chi connectivity index (χ1n) is 3.95. The van der Waals surface area contributed by atoms with E-state index in [0.717, 1.165) is 0 Å². The van der Waals surface area contributed by atoms with Gasteiger partial charge >= 0.3 is 11.2 Å². The maximum atomic E-state index is 12.6. The third-order valence-electron chi connectivity index (χ3n) is 1.64. The standard InChI is InChI=1S/C6H8F2O7S/c7-6(8,16(10,11)12)5(9)14-2-4-1-13-3-15-4/h4H,1-3H2,(H,10,11,12)/p-1. The summed E-state index contributed by atoms with van der Waals surface area (Å²) in [7, 11) is -6.08. The van der Waals surface area contributed by atoms with Gasteiger partial charge in [0, 0.05) is 0 Å². The van der Waals surface area contributed by atoms with Crippen molar-refractivity contribution in [1.29, 1.82) is 0 Å². The number of halogens is 2. The zero-order chi connectivity index (χ0) is 12.4.